The molecule has 1 aromatic rings. The fourth-order valence-corrected chi connectivity index (χ4v) is 4.26. The van der Waals surface area contributed by atoms with Crippen molar-refractivity contribution in [3.63, 3.8) is 0 Å². The molecule has 0 aromatic heterocycles. The van der Waals surface area contributed by atoms with Crippen molar-refractivity contribution in [2.75, 3.05) is 40.5 Å². The second-order valence-corrected chi connectivity index (χ2v) is 7.77. The zero-order valence-electron chi connectivity index (χ0n) is 14.3. The molecule has 1 heterocycles. The highest BCUT2D eigenvalue weighted by atomic mass is 32.2. The molecule has 7 nitrogen and oxygen atoms in total. The van der Waals surface area contributed by atoms with Crippen molar-refractivity contribution < 1.29 is 27.1 Å². The lowest BCUT2D eigenvalue weighted by molar-refractivity contribution is -0.135. The topological polar surface area (TPSA) is 84.9 Å². The third-order valence-electron chi connectivity index (χ3n) is 4.09. The summed E-state index contributed by atoms with van der Waals surface area (Å²) < 4.78 is 51.5. The molecule has 1 atom stereocenters. The zero-order valence-corrected chi connectivity index (χ0v) is 15.1. The van der Waals surface area contributed by atoms with E-state index in [1.165, 1.54) is 26.4 Å². The first-order chi connectivity index (χ1) is 11.8. The van der Waals surface area contributed by atoms with Crippen LogP contribution >= 0.6 is 0 Å². The summed E-state index contributed by atoms with van der Waals surface area (Å²) in [4.78, 5) is 12.1. The standard InChI is InChI=1S/C16H23FN2O5S/c1-23-10-8-18-15(20)16(17)7-4-9-19(12-16)25(21,22)14-6-3-5-13(11-14)24-2/h3,5-6,11H,4,7-10,12H2,1-2H3,(H,18,20). The first-order valence-electron chi connectivity index (χ1n) is 7.94. The molecule has 1 aromatic carbocycles. The smallest absolute Gasteiger partial charge is 0.259 e. The van der Waals surface area contributed by atoms with Crippen LogP contribution < -0.4 is 10.1 Å². The second-order valence-electron chi connectivity index (χ2n) is 5.84. The van der Waals surface area contributed by atoms with E-state index in [0.717, 1.165) is 4.31 Å². The first kappa shape index (κ1) is 19.6. The van der Waals surface area contributed by atoms with E-state index in [4.69, 9.17) is 9.47 Å². The van der Waals surface area contributed by atoms with Gasteiger partial charge in [-0.3, -0.25) is 4.79 Å². The number of piperidine rings is 1. The number of hydrogen-bond donors (Lipinski definition) is 1. The number of nitrogens with zero attached hydrogens (tertiary/aromatic N) is 1. The van der Waals surface area contributed by atoms with Gasteiger partial charge in [-0.2, -0.15) is 4.31 Å². The lowest BCUT2D eigenvalue weighted by Crippen LogP contribution is -2.55. The molecule has 0 bridgehead atoms. The van der Waals surface area contributed by atoms with Crippen LogP contribution in [0.15, 0.2) is 29.2 Å². The number of carbonyl (C=O) groups excluding carboxylic acids is 1. The van der Waals surface area contributed by atoms with Crippen LogP contribution in [0.5, 0.6) is 5.75 Å². The average Bonchev–Trinajstić information content (AvgIpc) is 2.62. The van der Waals surface area contributed by atoms with Crippen molar-refractivity contribution in [3.05, 3.63) is 24.3 Å². The van der Waals surface area contributed by atoms with Gasteiger partial charge in [0.25, 0.3) is 5.91 Å². The monoisotopic (exact) mass is 374 g/mol. The van der Waals surface area contributed by atoms with Gasteiger partial charge in [0.1, 0.15) is 5.75 Å². The Balaban J connectivity index is 2.17. The van der Waals surface area contributed by atoms with Gasteiger partial charge < -0.3 is 14.8 Å². The summed E-state index contributed by atoms with van der Waals surface area (Å²) in [6, 6.07) is 5.97. The van der Waals surface area contributed by atoms with Gasteiger partial charge in [-0.25, -0.2) is 12.8 Å². The lowest BCUT2D eigenvalue weighted by atomic mass is 9.95. The maximum absolute atomic E-state index is 15.1. The predicted molar refractivity (Wildman–Crippen MR) is 89.7 cm³/mol. The van der Waals surface area contributed by atoms with Crippen LogP contribution in [0.1, 0.15) is 12.8 Å². The Morgan fingerprint density at radius 2 is 2.16 bits per heavy atom. The fourth-order valence-electron chi connectivity index (χ4n) is 2.70. The number of amides is 1. The van der Waals surface area contributed by atoms with Gasteiger partial charge in [0.2, 0.25) is 15.7 Å². The van der Waals surface area contributed by atoms with Crippen molar-refractivity contribution in [3.8, 4) is 5.75 Å². The van der Waals surface area contributed by atoms with E-state index < -0.39 is 28.1 Å². The molecule has 2 rings (SSSR count). The Morgan fingerprint density at radius 1 is 1.40 bits per heavy atom. The Hall–Kier alpha value is -1.71. The minimum atomic E-state index is -3.92. The van der Waals surface area contributed by atoms with E-state index in [1.807, 2.05) is 0 Å². The van der Waals surface area contributed by atoms with Crippen LogP contribution in [0.2, 0.25) is 0 Å². The molecular weight excluding hydrogens is 351 g/mol. The molecule has 25 heavy (non-hydrogen) atoms. The number of benzene rings is 1. The van der Waals surface area contributed by atoms with Crippen LogP contribution in [0.3, 0.4) is 0 Å². The highest BCUT2D eigenvalue weighted by molar-refractivity contribution is 7.89. The molecule has 0 aliphatic carbocycles. The SMILES string of the molecule is COCCNC(=O)C1(F)CCCN(S(=O)(=O)c2cccc(OC)c2)C1. The lowest BCUT2D eigenvalue weighted by Gasteiger charge is -2.35. The van der Waals surface area contributed by atoms with Crippen LogP contribution in [0.25, 0.3) is 0 Å². The summed E-state index contributed by atoms with van der Waals surface area (Å²) in [5.74, 6) is -0.419. The normalized spacial score (nSPS) is 21.7. The van der Waals surface area contributed by atoms with Gasteiger partial charge in [-0.1, -0.05) is 6.07 Å². The third-order valence-corrected chi connectivity index (χ3v) is 5.93. The molecule has 1 aliphatic rings. The minimum Gasteiger partial charge on any atom is -0.497 e. The van der Waals surface area contributed by atoms with Crippen LogP contribution in [-0.4, -0.2) is 64.8 Å². The van der Waals surface area contributed by atoms with Crippen molar-refractivity contribution in [2.24, 2.45) is 0 Å². The van der Waals surface area contributed by atoms with E-state index in [2.05, 4.69) is 5.32 Å². The van der Waals surface area contributed by atoms with E-state index in [0.29, 0.717) is 5.75 Å². The van der Waals surface area contributed by atoms with E-state index in [9.17, 15) is 13.2 Å². The van der Waals surface area contributed by atoms with Crippen LogP contribution in [0, 0.1) is 0 Å². The predicted octanol–water partition coefficient (Wildman–Crippen LogP) is 0.951. The largest absolute Gasteiger partial charge is 0.497 e. The molecule has 0 saturated carbocycles. The molecule has 1 N–H and O–H groups in total. The molecule has 140 valence electrons. The minimum absolute atomic E-state index is 0.0101. The summed E-state index contributed by atoms with van der Waals surface area (Å²) in [5, 5.41) is 2.44. The quantitative estimate of drug-likeness (QED) is 0.719. The average molecular weight is 374 g/mol. The van der Waals surface area contributed by atoms with Gasteiger partial charge in [0.15, 0.2) is 0 Å². The molecule has 1 amide bonds. The Bertz CT molecular complexity index is 712. The van der Waals surface area contributed by atoms with Crippen molar-refractivity contribution >= 4 is 15.9 Å². The van der Waals surface area contributed by atoms with Crippen molar-refractivity contribution in [1.82, 2.24) is 9.62 Å². The van der Waals surface area contributed by atoms with E-state index in [-0.39, 0.29) is 37.4 Å². The second kappa shape index (κ2) is 8.11. The molecular formula is C16H23FN2O5S. The van der Waals surface area contributed by atoms with Gasteiger partial charge >= 0.3 is 0 Å². The number of rotatable bonds is 7. The van der Waals surface area contributed by atoms with E-state index >= 15 is 4.39 Å². The van der Waals surface area contributed by atoms with Crippen molar-refractivity contribution in [1.29, 1.82) is 0 Å². The fraction of sp³-hybridized carbons (Fsp3) is 0.562. The number of nitrogens with one attached hydrogen (secondary N) is 1. The maximum atomic E-state index is 15.1. The Morgan fingerprint density at radius 3 is 2.84 bits per heavy atom. The number of sulfonamides is 1. The zero-order chi connectivity index (χ0) is 18.5. The molecule has 9 heteroatoms. The summed E-state index contributed by atoms with van der Waals surface area (Å²) in [7, 11) is -1.01. The number of ether oxygens (including phenoxy) is 2. The molecule has 0 radical (unpaired) electrons. The number of carbonyl (C=O) groups is 1. The summed E-state index contributed by atoms with van der Waals surface area (Å²) in [6.45, 7) is 0.0825. The molecule has 1 saturated heterocycles. The molecule has 1 unspecified atom stereocenters. The van der Waals surface area contributed by atoms with Crippen molar-refractivity contribution in [2.45, 2.75) is 23.4 Å². The Labute approximate surface area is 147 Å². The highest BCUT2D eigenvalue weighted by Gasteiger charge is 2.45. The number of alkyl halides is 1. The maximum Gasteiger partial charge on any atom is 0.259 e. The first-order valence-corrected chi connectivity index (χ1v) is 9.38. The summed E-state index contributed by atoms with van der Waals surface area (Å²) in [5.41, 5.74) is -2.25. The summed E-state index contributed by atoms with van der Waals surface area (Å²) >= 11 is 0. The number of methoxy groups -OCH3 is 2. The Kier molecular flexibility index (Phi) is 6.36. The summed E-state index contributed by atoms with van der Waals surface area (Å²) in [6.07, 6.45) is 0.243. The number of hydrogen-bond acceptors (Lipinski definition) is 5. The van der Waals surface area contributed by atoms with Gasteiger partial charge in [-0.15, -0.1) is 0 Å². The van der Waals surface area contributed by atoms with Gasteiger partial charge in [0, 0.05) is 26.3 Å². The van der Waals surface area contributed by atoms with Gasteiger partial charge in [-0.05, 0) is 25.0 Å². The van der Waals surface area contributed by atoms with Crippen LogP contribution in [0.4, 0.5) is 4.39 Å². The third kappa shape index (κ3) is 4.47. The van der Waals surface area contributed by atoms with Crippen LogP contribution in [-0.2, 0) is 19.6 Å². The van der Waals surface area contributed by atoms with E-state index in [1.54, 1.807) is 12.1 Å². The molecule has 1 aliphatic heterocycles. The number of halogens is 1. The highest BCUT2D eigenvalue weighted by Crippen LogP contribution is 2.30. The van der Waals surface area contributed by atoms with Gasteiger partial charge in [0.05, 0.1) is 25.2 Å². The molecule has 0 spiro atoms. The molecule has 1 fully saturated rings.